The van der Waals surface area contributed by atoms with Gasteiger partial charge in [-0.2, -0.15) is 0 Å². The van der Waals surface area contributed by atoms with E-state index < -0.39 is 0 Å². The molecule has 26 heavy (non-hydrogen) atoms. The molecule has 2 aromatic rings. The monoisotopic (exact) mass is 350 g/mol. The van der Waals surface area contributed by atoms with Crippen LogP contribution in [-0.4, -0.2) is 20.0 Å². The Morgan fingerprint density at radius 2 is 1.62 bits per heavy atom. The number of benzene rings is 2. The Bertz CT molecular complexity index is 769. The average Bonchev–Trinajstić information content (AvgIpc) is 2.72. The van der Waals surface area contributed by atoms with Crippen LogP contribution in [0, 0.1) is 0 Å². The van der Waals surface area contributed by atoms with Crippen LogP contribution in [0.3, 0.4) is 0 Å². The maximum Gasteiger partial charge on any atom is 0.185 e. The molecule has 0 aromatic heterocycles. The van der Waals surface area contributed by atoms with Gasteiger partial charge in [-0.1, -0.05) is 55.7 Å². The molecule has 2 aromatic carbocycles. The van der Waals surface area contributed by atoms with Gasteiger partial charge in [-0.15, -0.1) is 0 Å². The number of allylic oxidation sites excluding steroid dienone is 1. The quantitative estimate of drug-likeness (QED) is 0.499. The van der Waals surface area contributed by atoms with Gasteiger partial charge < -0.3 is 9.47 Å². The Morgan fingerprint density at radius 3 is 2.27 bits per heavy atom. The summed E-state index contributed by atoms with van der Waals surface area (Å²) < 4.78 is 10.5. The van der Waals surface area contributed by atoms with Gasteiger partial charge in [0.15, 0.2) is 17.3 Å². The van der Waals surface area contributed by atoms with Gasteiger partial charge in [0.25, 0.3) is 0 Å². The molecule has 1 aliphatic rings. The predicted molar refractivity (Wildman–Crippen MR) is 105 cm³/mol. The zero-order valence-electron chi connectivity index (χ0n) is 15.5. The average molecular weight is 350 g/mol. The predicted octanol–water partition coefficient (Wildman–Crippen LogP) is 5.65. The number of hydrogen-bond acceptors (Lipinski definition) is 3. The summed E-state index contributed by atoms with van der Waals surface area (Å²) >= 11 is 0. The van der Waals surface area contributed by atoms with Gasteiger partial charge in [0.2, 0.25) is 0 Å². The molecule has 3 rings (SSSR count). The first-order valence-corrected chi connectivity index (χ1v) is 9.25. The summed E-state index contributed by atoms with van der Waals surface area (Å²) in [5, 5.41) is 0. The molecule has 1 fully saturated rings. The van der Waals surface area contributed by atoms with Gasteiger partial charge in [0.05, 0.1) is 14.2 Å². The minimum absolute atomic E-state index is 0.00924. The highest BCUT2D eigenvalue weighted by Gasteiger charge is 2.15. The third kappa shape index (κ3) is 4.34. The van der Waals surface area contributed by atoms with Crippen LogP contribution in [0.2, 0.25) is 0 Å². The van der Waals surface area contributed by atoms with Crippen molar-refractivity contribution < 1.29 is 14.3 Å². The lowest BCUT2D eigenvalue weighted by atomic mass is 9.84. The molecule has 0 radical (unpaired) electrons. The summed E-state index contributed by atoms with van der Waals surface area (Å²) in [7, 11) is 3.21. The van der Waals surface area contributed by atoms with E-state index in [1.165, 1.54) is 37.7 Å². The molecule has 0 bridgehead atoms. The van der Waals surface area contributed by atoms with Crippen molar-refractivity contribution in [1.82, 2.24) is 0 Å². The van der Waals surface area contributed by atoms with E-state index in [4.69, 9.17) is 9.47 Å². The summed E-state index contributed by atoms with van der Waals surface area (Å²) in [6.07, 6.45) is 9.95. The number of ether oxygens (including phenoxy) is 2. The van der Waals surface area contributed by atoms with Gasteiger partial charge in [0.1, 0.15) is 0 Å². The van der Waals surface area contributed by atoms with Crippen LogP contribution < -0.4 is 9.47 Å². The minimum Gasteiger partial charge on any atom is -0.493 e. The first-order valence-electron chi connectivity index (χ1n) is 9.25. The Labute approximate surface area is 155 Å². The third-order valence-electron chi connectivity index (χ3n) is 5.11. The summed E-state index contributed by atoms with van der Waals surface area (Å²) in [4.78, 5) is 12.4. The smallest absolute Gasteiger partial charge is 0.185 e. The van der Waals surface area contributed by atoms with E-state index in [0.29, 0.717) is 17.4 Å². The fourth-order valence-corrected chi connectivity index (χ4v) is 3.58. The largest absolute Gasteiger partial charge is 0.493 e. The number of carbonyl (C=O) groups excluding carboxylic acids is 1. The minimum atomic E-state index is 0.00924. The molecule has 0 unspecified atom stereocenters. The second-order valence-corrected chi connectivity index (χ2v) is 6.77. The number of ketones is 1. The van der Waals surface area contributed by atoms with Gasteiger partial charge in [-0.05, 0) is 48.1 Å². The summed E-state index contributed by atoms with van der Waals surface area (Å²) in [5.41, 5.74) is 2.99. The van der Waals surface area contributed by atoms with Crippen LogP contribution in [0.5, 0.6) is 11.5 Å². The zero-order valence-corrected chi connectivity index (χ0v) is 15.5. The number of rotatable bonds is 6. The van der Waals surface area contributed by atoms with Crippen LogP contribution >= 0.6 is 0 Å². The fourth-order valence-electron chi connectivity index (χ4n) is 3.58. The van der Waals surface area contributed by atoms with Gasteiger partial charge in [-0.25, -0.2) is 0 Å². The molecular formula is C23H26O3. The van der Waals surface area contributed by atoms with Crippen molar-refractivity contribution in [1.29, 1.82) is 0 Å². The zero-order chi connectivity index (χ0) is 18.4. The van der Waals surface area contributed by atoms with E-state index in [9.17, 15) is 4.79 Å². The summed E-state index contributed by atoms with van der Waals surface area (Å²) in [5.74, 6) is 2.00. The third-order valence-corrected chi connectivity index (χ3v) is 5.11. The number of carbonyl (C=O) groups is 1. The van der Waals surface area contributed by atoms with E-state index in [-0.39, 0.29) is 5.78 Å². The molecule has 0 aliphatic heterocycles. The lowest BCUT2D eigenvalue weighted by molar-refractivity contribution is 0.104. The van der Waals surface area contributed by atoms with Crippen molar-refractivity contribution in [2.24, 2.45) is 0 Å². The summed E-state index contributed by atoms with van der Waals surface area (Å²) in [6.45, 7) is 0. The second-order valence-electron chi connectivity index (χ2n) is 6.77. The van der Waals surface area contributed by atoms with Crippen LogP contribution in [0.4, 0.5) is 0 Å². The lowest BCUT2D eigenvalue weighted by Crippen LogP contribution is -2.05. The molecule has 136 valence electrons. The lowest BCUT2D eigenvalue weighted by Gasteiger charge is -2.21. The second kappa shape index (κ2) is 8.70. The van der Waals surface area contributed by atoms with Crippen LogP contribution in [-0.2, 0) is 0 Å². The Morgan fingerprint density at radius 1 is 0.923 bits per heavy atom. The molecular weight excluding hydrogens is 324 g/mol. The first-order chi connectivity index (χ1) is 12.7. The highest BCUT2D eigenvalue weighted by molar-refractivity contribution is 6.06. The Kier molecular flexibility index (Phi) is 6.11. The van der Waals surface area contributed by atoms with E-state index in [1.807, 2.05) is 30.3 Å². The maximum absolute atomic E-state index is 12.4. The fraction of sp³-hybridized carbons (Fsp3) is 0.348. The molecule has 0 amide bonds. The SMILES string of the molecule is COc1ccc(C=CC(=O)c2ccc(C3CCCCC3)cc2)cc1OC. The van der Waals surface area contributed by atoms with Gasteiger partial charge in [-0.3, -0.25) is 4.79 Å². The van der Waals surface area contributed by atoms with Crippen LogP contribution in [0.25, 0.3) is 6.08 Å². The number of hydrogen-bond donors (Lipinski definition) is 0. The molecule has 0 atom stereocenters. The maximum atomic E-state index is 12.4. The van der Waals surface area contributed by atoms with Gasteiger partial charge >= 0.3 is 0 Å². The van der Waals surface area contributed by atoms with Crippen molar-refractivity contribution in [3.8, 4) is 11.5 Å². The molecule has 0 heterocycles. The normalized spacial score (nSPS) is 15.2. The molecule has 3 heteroatoms. The van der Waals surface area contributed by atoms with Gasteiger partial charge in [0, 0.05) is 5.56 Å². The summed E-state index contributed by atoms with van der Waals surface area (Å²) in [6, 6.07) is 13.7. The van der Waals surface area contributed by atoms with Crippen molar-refractivity contribution in [3.05, 3.63) is 65.2 Å². The highest BCUT2D eigenvalue weighted by Crippen LogP contribution is 2.32. The van der Waals surface area contributed by atoms with Crippen LogP contribution in [0.15, 0.2) is 48.5 Å². The van der Waals surface area contributed by atoms with Crippen molar-refractivity contribution in [2.75, 3.05) is 14.2 Å². The van der Waals surface area contributed by atoms with Crippen LogP contribution in [0.1, 0.15) is 59.5 Å². The molecule has 0 saturated heterocycles. The van der Waals surface area contributed by atoms with E-state index in [1.54, 1.807) is 26.4 Å². The van der Waals surface area contributed by atoms with E-state index in [2.05, 4.69) is 12.1 Å². The molecule has 0 N–H and O–H groups in total. The first kappa shape index (κ1) is 18.2. The number of methoxy groups -OCH3 is 2. The standard InChI is InChI=1S/C23H26O3/c1-25-22-15-9-17(16-23(22)26-2)8-14-21(24)20-12-10-19(11-13-20)18-6-4-3-5-7-18/h8-16,18H,3-7H2,1-2H3. The molecule has 1 saturated carbocycles. The Balaban J connectivity index is 1.68. The molecule has 0 spiro atoms. The molecule has 1 aliphatic carbocycles. The topological polar surface area (TPSA) is 35.5 Å². The van der Waals surface area contributed by atoms with Crippen molar-refractivity contribution in [2.45, 2.75) is 38.0 Å². The van der Waals surface area contributed by atoms with E-state index >= 15 is 0 Å². The van der Waals surface area contributed by atoms with Crippen molar-refractivity contribution in [3.63, 3.8) is 0 Å². The van der Waals surface area contributed by atoms with E-state index in [0.717, 1.165) is 11.1 Å². The highest BCUT2D eigenvalue weighted by atomic mass is 16.5. The van der Waals surface area contributed by atoms with Crippen molar-refractivity contribution >= 4 is 11.9 Å². The molecule has 3 nitrogen and oxygen atoms in total. The Hall–Kier alpha value is -2.55.